The fourth-order valence-corrected chi connectivity index (χ4v) is 3.15. The monoisotopic (exact) mass is 281 g/mol. The van der Waals surface area contributed by atoms with Crippen molar-refractivity contribution in [2.45, 2.75) is 37.2 Å². The second-order valence-corrected chi connectivity index (χ2v) is 5.99. The van der Waals surface area contributed by atoms with Crippen LogP contribution in [0.15, 0.2) is 18.2 Å². The van der Waals surface area contributed by atoms with Gasteiger partial charge in [-0.15, -0.1) is 0 Å². The lowest BCUT2D eigenvalue weighted by atomic mass is 9.64. The molecule has 0 amide bonds. The van der Waals surface area contributed by atoms with E-state index >= 15 is 0 Å². The zero-order chi connectivity index (χ0) is 13.3. The van der Waals surface area contributed by atoms with Crippen LogP contribution in [0.25, 0.3) is 0 Å². The summed E-state index contributed by atoms with van der Waals surface area (Å²) in [6.07, 6.45) is 4.65. The van der Waals surface area contributed by atoms with Gasteiger partial charge in [0, 0.05) is 18.4 Å². The Kier molecular flexibility index (Phi) is 3.70. The molecule has 1 aliphatic heterocycles. The molecule has 19 heavy (non-hydrogen) atoms. The van der Waals surface area contributed by atoms with Crippen molar-refractivity contribution in [3.8, 4) is 5.75 Å². The van der Waals surface area contributed by atoms with Crippen LogP contribution in [0.1, 0.15) is 31.2 Å². The lowest BCUT2D eigenvalue weighted by Crippen LogP contribution is -2.41. The highest BCUT2D eigenvalue weighted by Gasteiger charge is 2.37. The van der Waals surface area contributed by atoms with E-state index in [2.05, 4.69) is 6.07 Å². The number of benzene rings is 1. The van der Waals surface area contributed by atoms with Gasteiger partial charge in [-0.2, -0.15) is 0 Å². The van der Waals surface area contributed by atoms with Crippen LogP contribution in [0.2, 0.25) is 5.02 Å². The second-order valence-electron chi connectivity index (χ2n) is 5.59. The molecule has 0 bridgehead atoms. The van der Waals surface area contributed by atoms with Crippen molar-refractivity contribution in [2.24, 2.45) is 5.73 Å². The Morgan fingerprint density at radius 2 is 2.26 bits per heavy atom. The Morgan fingerprint density at radius 1 is 1.42 bits per heavy atom. The normalized spacial score (nSPS) is 25.1. The minimum absolute atomic E-state index is 0.135. The average molecular weight is 282 g/mol. The van der Waals surface area contributed by atoms with E-state index in [1.807, 2.05) is 12.1 Å². The second kappa shape index (κ2) is 5.31. The van der Waals surface area contributed by atoms with Gasteiger partial charge in [0.05, 0.1) is 18.2 Å². The van der Waals surface area contributed by atoms with Crippen molar-refractivity contribution < 1.29 is 9.47 Å². The van der Waals surface area contributed by atoms with Crippen molar-refractivity contribution in [2.75, 3.05) is 19.8 Å². The Balaban J connectivity index is 1.77. The third kappa shape index (κ3) is 2.47. The van der Waals surface area contributed by atoms with Crippen LogP contribution in [0.3, 0.4) is 0 Å². The summed E-state index contributed by atoms with van der Waals surface area (Å²) >= 11 is 6.35. The molecule has 104 valence electrons. The molecular formula is C15H20ClNO2. The SMILES string of the molecule is NCC1(c2ccc(OC3CCOC3)c(Cl)c2)CCC1. The minimum Gasteiger partial charge on any atom is -0.486 e. The minimum atomic E-state index is 0.135. The molecule has 1 unspecified atom stereocenters. The maximum absolute atomic E-state index is 6.35. The first kappa shape index (κ1) is 13.2. The Labute approximate surface area is 119 Å². The Morgan fingerprint density at radius 3 is 2.79 bits per heavy atom. The van der Waals surface area contributed by atoms with E-state index in [1.165, 1.54) is 12.0 Å². The quantitative estimate of drug-likeness (QED) is 0.923. The molecule has 1 aliphatic carbocycles. The van der Waals surface area contributed by atoms with Gasteiger partial charge in [0.2, 0.25) is 0 Å². The summed E-state index contributed by atoms with van der Waals surface area (Å²) < 4.78 is 11.2. The first-order valence-electron chi connectivity index (χ1n) is 6.98. The van der Waals surface area contributed by atoms with E-state index < -0.39 is 0 Å². The number of hydrogen-bond acceptors (Lipinski definition) is 3. The van der Waals surface area contributed by atoms with E-state index in [0.29, 0.717) is 18.2 Å². The average Bonchev–Trinajstić information content (AvgIpc) is 2.85. The van der Waals surface area contributed by atoms with Gasteiger partial charge in [0.25, 0.3) is 0 Å². The van der Waals surface area contributed by atoms with Crippen LogP contribution in [-0.2, 0) is 10.2 Å². The van der Waals surface area contributed by atoms with Gasteiger partial charge in [-0.05, 0) is 30.5 Å². The van der Waals surface area contributed by atoms with Crippen LogP contribution in [-0.4, -0.2) is 25.9 Å². The molecule has 3 rings (SSSR count). The molecule has 1 saturated heterocycles. The van der Waals surface area contributed by atoms with Gasteiger partial charge in [0.1, 0.15) is 11.9 Å². The third-order valence-electron chi connectivity index (χ3n) is 4.43. The molecule has 2 fully saturated rings. The molecular weight excluding hydrogens is 262 g/mol. The zero-order valence-corrected chi connectivity index (χ0v) is 11.8. The molecule has 2 aliphatic rings. The number of rotatable bonds is 4. The molecule has 2 N–H and O–H groups in total. The van der Waals surface area contributed by atoms with Gasteiger partial charge >= 0.3 is 0 Å². The maximum Gasteiger partial charge on any atom is 0.138 e. The van der Waals surface area contributed by atoms with Crippen molar-refractivity contribution in [3.05, 3.63) is 28.8 Å². The Hall–Kier alpha value is -0.770. The van der Waals surface area contributed by atoms with Crippen molar-refractivity contribution in [3.63, 3.8) is 0 Å². The van der Waals surface area contributed by atoms with E-state index in [4.69, 9.17) is 26.8 Å². The van der Waals surface area contributed by atoms with Gasteiger partial charge < -0.3 is 15.2 Å². The molecule has 0 aromatic heterocycles. The maximum atomic E-state index is 6.35. The number of ether oxygens (including phenoxy) is 2. The molecule has 4 heteroatoms. The predicted molar refractivity (Wildman–Crippen MR) is 75.9 cm³/mol. The molecule has 0 radical (unpaired) electrons. The summed E-state index contributed by atoms with van der Waals surface area (Å²) in [6, 6.07) is 6.12. The number of hydrogen-bond donors (Lipinski definition) is 1. The molecule has 1 saturated carbocycles. The zero-order valence-electron chi connectivity index (χ0n) is 11.0. The van der Waals surface area contributed by atoms with E-state index in [0.717, 1.165) is 31.6 Å². The first-order chi connectivity index (χ1) is 9.23. The first-order valence-corrected chi connectivity index (χ1v) is 7.36. The standard InChI is InChI=1S/C15H20ClNO2/c16-13-8-11(15(10-17)5-1-6-15)2-3-14(13)19-12-4-7-18-9-12/h2-3,8,12H,1,4-7,9-10,17H2. The van der Waals surface area contributed by atoms with Crippen LogP contribution in [0, 0.1) is 0 Å². The van der Waals surface area contributed by atoms with E-state index in [1.54, 1.807) is 0 Å². The summed E-state index contributed by atoms with van der Waals surface area (Å²) in [5.41, 5.74) is 7.33. The molecule has 3 nitrogen and oxygen atoms in total. The molecule has 1 heterocycles. The lowest BCUT2D eigenvalue weighted by molar-refractivity contribution is 0.141. The van der Waals surface area contributed by atoms with Gasteiger partial charge in [-0.25, -0.2) is 0 Å². The number of nitrogens with two attached hydrogens (primary N) is 1. The highest BCUT2D eigenvalue weighted by Crippen LogP contribution is 2.44. The van der Waals surface area contributed by atoms with Gasteiger partial charge in [-0.3, -0.25) is 0 Å². The molecule has 1 aromatic carbocycles. The third-order valence-corrected chi connectivity index (χ3v) is 4.72. The summed E-state index contributed by atoms with van der Waals surface area (Å²) in [7, 11) is 0. The largest absolute Gasteiger partial charge is 0.486 e. The highest BCUT2D eigenvalue weighted by molar-refractivity contribution is 6.32. The topological polar surface area (TPSA) is 44.5 Å². The van der Waals surface area contributed by atoms with Crippen molar-refractivity contribution >= 4 is 11.6 Å². The van der Waals surface area contributed by atoms with Crippen molar-refractivity contribution in [1.82, 2.24) is 0 Å². The summed E-state index contributed by atoms with van der Waals surface area (Å²) in [5.74, 6) is 0.757. The van der Waals surface area contributed by atoms with E-state index in [9.17, 15) is 0 Å². The summed E-state index contributed by atoms with van der Waals surface area (Å²) in [5, 5.41) is 0.684. The van der Waals surface area contributed by atoms with Crippen molar-refractivity contribution in [1.29, 1.82) is 0 Å². The van der Waals surface area contributed by atoms with Crippen LogP contribution < -0.4 is 10.5 Å². The number of halogens is 1. The molecule has 0 spiro atoms. The van der Waals surface area contributed by atoms with Crippen LogP contribution >= 0.6 is 11.6 Å². The summed E-state index contributed by atoms with van der Waals surface area (Å²) in [4.78, 5) is 0. The smallest absolute Gasteiger partial charge is 0.138 e. The fraction of sp³-hybridized carbons (Fsp3) is 0.600. The van der Waals surface area contributed by atoms with Crippen LogP contribution in [0.4, 0.5) is 0 Å². The fourth-order valence-electron chi connectivity index (χ4n) is 2.93. The summed E-state index contributed by atoms with van der Waals surface area (Å²) in [6.45, 7) is 2.13. The van der Waals surface area contributed by atoms with Gasteiger partial charge in [-0.1, -0.05) is 24.1 Å². The predicted octanol–water partition coefficient (Wildman–Crippen LogP) is 2.89. The molecule has 1 aromatic rings. The molecule has 1 atom stereocenters. The lowest BCUT2D eigenvalue weighted by Gasteiger charge is -2.41. The highest BCUT2D eigenvalue weighted by atomic mass is 35.5. The van der Waals surface area contributed by atoms with E-state index in [-0.39, 0.29) is 11.5 Å². The Bertz CT molecular complexity index is 448. The van der Waals surface area contributed by atoms with Gasteiger partial charge in [0.15, 0.2) is 0 Å². The van der Waals surface area contributed by atoms with Crippen LogP contribution in [0.5, 0.6) is 5.75 Å².